The van der Waals surface area contributed by atoms with Crippen molar-refractivity contribution in [2.24, 2.45) is 11.3 Å². The summed E-state index contributed by atoms with van der Waals surface area (Å²) < 4.78 is -0.809. The molecule has 1 saturated carbocycles. The second-order valence-electron chi connectivity index (χ2n) is 5.04. The first-order valence-corrected chi connectivity index (χ1v) is 5.65. The van der Waals surface area contributed by atoms with Crippen LogP contribution in [0.3, 0.4) is 0 Å². The van der Waals surface area contributed by atoms with E-state index in [-0.39, 0.29) is 5.78 Å². The van der Waals surface area contributed by atoms with Gasteiger partial charge in [-0.25, -0.2) is 0 Å². The first-order valence-electron chi connectivity index (χ1n) is 5.21. The lowest BCUT2D eigenvalue weighted by Crippen LogP contribution is -2.54. The molecule has 0 saturated heterocycles. The number of rotatable bonds is 2. The Balaban J connectivity index is 3.13. The number of hydrogen-bond donors (Lipinski definition) is 2. The number of hydrogen-bond acceptors (Lipinski definition) is 3. The minimum atomic E-state index is -1.30. The third-order valence-corrected chi connectivity index (χ3v) is 3.81. The van der Waals surface area contributed by atoms with Crippen molar-refractivity contribution in [1.82, 2.24) is 0 Å². The van der Waals surface area contributed by atoms with Gasteiger partial charge >= 0.3 is 5.97 Å². The van der Waals surface area contributed by atoms with Crippen molar-refractivity contribution in [3.8, 4) is 0 Å². The minimum Gasteiger partial charge on any atom is -0.480 e. The number of carboxylic acid groups (broad SMARTS) is 1. The maximum atomic E-state index is 12.0. The maximum Gasteiger partial charge on any atom is 0.318 e. The standard InChI is InChI=1S/C11H18O3S/c1-7-4-5-11(9(13)14,8(12)6-7)10(2,3)15/h7,15H,4-6H2,1-3H3,(H,13,14). The van der Waals surface area contributed by atoms with Crippen LogP contribution in [0, 0.1) is 11.3 Å². The molecule has 1 aliphatic rings. The Labute approximate surface area is 95.7 Å². The van der Waals surface area contributed by atoms with Crippen LogP contribution < -0.4 is 0 Å². The Bertz CT molecular complexity index is 293. The molecular weight excluding hydrogens is 212 g/mol. The van der Waals surface area contributed by atoms with E-state index in [1.54, 1.807) is 13.8 Å². The molecule has 0 aromatic heterocycles. The summed E-state index contributed by atoms with van der Waals surface area (Å²) in [6, 6.07) is 0. The van der Waals surface area contributed by atoms with Crippen LogP contribution >= 0.6 is 12.6 Å². The molecule has 2 atom stereocenters. The molecule has 86 valence electrons. The molecule has 0 aromatic rings. The number of thiol groups is 1. The van der Waals surface area contributed by atoms with Gasteiger partial charge in [-0.2, -0.15) is 12.6 Å². The molecule has 1 N–H and O–H groups in total. The van der Waals surface area contributed by atoms with Gasteiger partial charge in [0.2, 0.25) is 0 Å². The van der Waals surface area contributed by atoms with Gasteiger partial charge in [0, 0.05) is 11.2 Å². The van der Waals surface area contributed by atoms with E-state index in [4.69, 9.17) is 0 Å². The fourth-order valence-corrected chi connectivity index (χ4v) is 2.66. The highest BCUT2D eigenvalue weighted by atomic mass is 32.1. The Kier molecular flexibility index (Phi) is 3.19. The number of carbonyl (C=O) groups excluding carboxylic acids is 1. The van der Waals surface area contributed by atoms with Crippen molar-refractivity contribution in [2.45, 2.75) is 44.8 Å². The van der Waals surface area contributed by atoms with Crippen molar-refractivity contribution in [2.75, 3.05) is 0 Å². The van der Waals surface area contributed by atoms with Gasteiger partial charge in [0.05, 0.1) is 0 Å². The minimum absolute atomic E-state index is 0.172. The Morgan fingerprint density at radius 3 is 2.47 bits per heavy atom. The Hall–Kier alpha value is -0.510. The third-order valence-electron chi connectivity index (χ3n) is 3.43. The maximum absolute atomic E-state index is 12.0. The Morgan fingerprint density at radius 2 is 2.13 bits per heavy atom. The van der Waals surface area contributed by atoms with E-state index < -0.39 is 16.1 Å². The van der Waals surface area contributed by atoms with Crippen LogP contribution in [0.15, 0.2) is 0 Å². The van der Waals surface area contributed by atoms with E-state index in [2.05, 4.69) is 12.6 Å². The van der Waals surface area contributed by atoms with Gasteiger partial charge in [-0.15, -0.1) is 0 Å². The van der Waals surface area contributed by atoms with Crippen molar-refractivity contribution in [3.05, 3.63) is 0 Å². The van der Waals surface area contributed by atoms with Crippen molar-refractivity contribution >= 4 is 24.4 Å². The normalized spacial score (nSPS) is 32.8. The fraction of sp³-hybridized carbons (Fsp3) is 0.818. The van der Waals surface area contributed by atoms with E-state index in [1.807, 2.05) is 6.92 Å². The number of carboxylic acids is 1. The van der Waals surface area contributed by atoms with Crippen LogP contribution in [-0.2, 0) is 9.59 Å². The van der Waals surface area contributed by atoms with Crippen molar-refractivity contribution in [3.63, 3.8) is 0 Å². The van der Waals surface area contributed by atoms with Gasteiger partial charge in [-0.1, -0.05) is 6.92 Å². The lowest BCUT2D eigenvalue weighted by atomic mass is 9.63. The highest BCUT2D eigenvalue weighted by Crippen LogP contribution is 2.47. The van der Waals surface area contributed by atoms with E-state index in [0.717, 1.165) is 6.42 Å². The summed E-state index contributed by atoms with van der Waals surface area (Å²) in [5.74, 6) is -0.909. The molecule has 0 amide bonds. The second-order valence-corrected chi connectivity index (χ2v) is 6.16. The third kappa shape index (κ3) is 1.92. The molecule has 2 unspecified atom stereocenters. The molecule has 3 nitrogen and oxygen atoms in total. The van der Waals surface area contributed by atoms with Gasteiger partial charge in [-0.3, -0.25) is 9.59 Å². The number of ketones is 1. The topological polar surface area (TPSA) is 54.4 Å². The largest absolute Gasteiger partial charge is 0.480 e. The molecule has 1 rings (SSSR count). The van der Waals surface area contributed by atoms with Crippen molar-refractivity contribution < 1.29 is 14.7 Å². The molecule has 1 aliphatic carbocycles. The number of aliphatic carboxylic acids is 1. The molecule has 0 radical (unpaired) electrons. The molecule has 0 heterocycles. The van der Waals surface area contributed by atoms with Gasteiger partial charge < -0.3 is 5.11 Å². The van der Waals surface area contributed by atoms with Crippen LogP contribution in [-0.4, -0.2) is 21.6 Å². The van der Waals surface area contributed by atoms with Crippen molar-refractivity contribution in [1.29, 1.82) is 0 Å². The molecule has 0 bridgehead atoms. The van der Waals surface area contributed by atoms with Crippen LogP contribution in [0.2, 0.25) is 0 Å². The zero-order valence-electron chi connectivity index (χ0n) is 9.41. The monoisotopic (exact) mass is 230 g/mol. The summed E-state index contributed by atoms with van der Waals surface area (Å²) in [6.45, 7) is 5.39. The molecular formula is C11H18O3S. The SMILES string of the molecule is CC1CCC(C(=O)O)(C(C)(C)S)C(=O)C1. The van der Waals surface area contributed by atoms with E-state index in [1.165, 1.54) is 0 Å². The average molecular weight is 230 g/mol. The zero-order chi connectivity index (χ0) is 11.9. The Morgan fingerprint density at radius 1 is 1.60 bits per heavy atom. The summed E-state index contributed by atoms with van der Waals surface area (Å²) in [4.78, 5) is 23.4. The quantitative estimate of drug-likeness (QED) is 0.564. The van der Waals surface area contributed by atoms with E-state index in [0.29, 0.717) is 18.8 Å². The fourth-order valence-electron chi connectivity index (χ4n) is 2.33. The number of Topliss-reactive ketones (excluding diaryl/α,β-unsaturated/α-hetero) is 1. The highest BCUT2D eigenvalue weighted by molar-refractivity contribution is 7.81. The molecule has 1 fully saturated rings. The zero-order valence-corrected chi connectivity index (χ0v) is 10.3. The smallest absolute Gasteiger partial charge is 0.318 e. The predicted octanol–water partition coefficient (Wildman–Crippen LogP) is 2.15. The molecule has 4 heteroatoms. The highest BCUT2D eigenvalue weighted by Gasteiger charge is 2.56. The van der Waals surface area contributed by atoms with E-state index >= 15 is 0 Å². The van der Waals surface area contributed by atoms with Gasteiger partial charge in [-0.05, 0) is 32.6 Å². The average Bonchev–Trinajstić information content (AvgIpc) is 2.00. The predicted molar refractivity (Wildman–Crippen MR) is 61.2 cm³/mol. The summed E-state index contributed by atoms with van der Waals surface area (Å²) in [5.41, 5.74) is -1.30. The van der Waals surface area contributed by atoms with Gasteiger partial charge in [0.15, 0.2) is 5.78 Å². The van der Waals surface area contributed by atoms with Crippen LogP contribution in [0.5, 0.6) is 0 Å². The van der Waals surface area contributed by atoms with Gasteiger partial charge in [0.1, 0.15) is 5.41 Å². The first kappa shape index (κ1) is 12.6. The summed E-state index contributed by atoms with van der Waals surface area (Å²) in [7, 11) is 0. The number of carbonyl (C=O) groups is 2. The van der Waals surface area contributed by atoms with E-state index in [9.17, 15) is 14.7 Å². The van der Waals surface area contributed by atoms with Crippen LogP contribution in [0.25, 0.3) is 0 Å². The summed E-state index contributed by atoms with van der Waals surface area (Å²) in [5, 5.41) is 9.31. The lowest BCUT2D eigenvalue weighted by molar-refractivity contribution is -0.160. The molecule has 0 aromatic carbocycles. The summed E-state index contributed by atoms with van der Waals surface area (Å²) in [6.07, 6.45) is 1.54. The molecule has 0 aliphatic heterocycles. The van der Waals surface area contributed by atoms with Crippen LogP contribution in [0.4, 0.5) is 0 Å². The summed E-state index contributed by atoms with van der Waals surface area (Å²) >= 11 is 4.31. The van der Waals surface area contributed by atoms with Gasteiger partial charge in [0.25, 0.3) is 0 Å². The molecule has 15 heavy (non-hydrogen) atoms. The second kappa shape index (κ2) is 3.81. The molecule has 0 spiro atoms. The lowest BCUT2D eigenvalue weighted by Gasteiger charge is -2.42. The van der Waals surface area contributed by atoms with Crippen LogP contribution in [0.1, 0.15) is 40.0 Å². The first-order chi connectivity index (χ1) is 6.72.